The fourth-order valence-corrected chi connectivity index (χ4v) is 3.42. The van der Waals surface area contributed by atoms with Gasteiger partial charge in [-0.2, -0.15) is 5.10 Å². The van der Waals surface area contributed by atoms with E-state index in [4.69, 9.17) is 0 Å². The zero-order valence-electron chi connectivity index (χ0n) is 14.9. The molecule has 0 aromatic carbocycles. The molecule has 0 aliphatic carbocycles. The van der Waals surface area contributed by atoms with Gasteiger partial charge in [-0.15, -0.1) is 5.10 Å². The third-order valence-electron chi connectivity index (χ3n) is 4.75. The second-order valence-electron chi connectivity index (χ2n) is 6.32. The summed E-state index contributed by atoms with van der Waals surface area (Å²) in [5, 5.41) is 11.7. The van der Waals surface area contributed by atoms with Crippen molar-refractivity contribution in [3.05, 3.63) is 41.5 Å². The number of aryl methyl sites for hydroxylation is 2. The summed E-state index contributed by atoms with van der Waals surface area (Å²) >= 11 is 0. The monoisotopic (exact) mass is 340 g/mol. The Morgan fingerprint density at radius 2 is 2.04 bits per heavy atom. The number of pyridine rings is 1. The molecule has 0 unspecified atom stereocenters. The highest BCUT2D eigenvalue weighted by Gasteiger charge is 2.38. The average Bonchev–Trinajstić information content (AvgIpc) is 2.94. The van der Waals surface area contributed by atoms with Crippen molar-refractivity contribution >= 4 is 11.9 Å². The molecule has 1 aliphatic heterocycles. The van der Waals surface area contributed by atoms with E-state index in [2.05, 4.69) is 39.3 Å². The van der Waals surface area contributed by atoms with Crippen molar-refractivity contribution < 1.29 is 4.79 Å². The number of hydrogen-bond acceptors (Lipinski definition) is 6. The van der Waals surface area contributed by atoms with Crippen LogP contribution in [0.5, 0.6) is 0 Å². The topological polar surface area (TPSA) is 83.9 Å². The van der Waals surface area contributed by atoms with Gasteiger partial charge in [0.25, 0.3) is 0 Å². The van der Waals surface area contributed by atoms with Gasteiger partial charge in [-0.3, -0.25) is 9.78 Å². The van der Waals surface area contributed by atoms with E-state index in [0.717, 1.165) is 29.8 Å². The fourth-order valence-electron chi connectivity index (χ4n) is 3.42. The lowest BCUT2D eigenvalue weighted by atomic mass is 9.95. The molecule has 7 nitrogen and oxygen atoms in total. The first-order valence-electron chi connectivity index (χ1n) is 8.75. The summed E-state index contributed by atoms with van der Waals surface area (Å²) in [6.07, 6.45) is 5.74. The average molecular weight is 340 g/mol. The van der Waals surface area contributed by atoms with Crippen LogP contribution in [0.25, 0.3) is 0 Å². The summed E-state index contributed by atoms with van der Waals surface area (Å²) < 4.78 is 0. The molecule has 7 heteroatoms. The van der Waals surface area contributed by atoms with Crippen LogP contribution in [-0.2, 0) is 17.6 Å². The number of rotatable bonds is 6. The van der Waals surface area contributed by atoms with Crippen LogP contribution in [-0.4, -0.2) is 44.6 Å². The number of carbonyl (C=O) groups excluding carboxylic acids is 1. The largest absolute Gasteiger partial charge is 0.353 e. The van der Waals surface area contributed by atoms with Crippen LogP contribution in [0.2, 0.25) is 0 Å². The first-order valence-corrected chi connectivity index (χ1v) is 8.75. The predicted octanol–water partition coefficient (Wildman–Crippen LogP) is 2.02. The molecule has 2 aromatic heterocycles. The number of likely N-dealkylation sites (tertiary alicyclic amines) is 1. The molecular formula is C18H24N6O. The second-order valence-corrected chi connectivity index (χ2v) is 6.32. The lowest BCUT2D eigenvalue weighted by molar-refractivity contribution is -0.127. The standard InChI is InChI=1S/C18H24N6O/c1-4-14-15(5-2)22-23-18(21-14)20-11-13-9-16(25)24(3)17(13)12-7-6-8-19-10-12/h6-8,10,13,17H,4-5,9,11H2,1-3H3,(H,20,21,23)/t13-,17-/m0/s1. The Kier molecular flexibility index (Phi) is 5.21. The fraction of sp³-hybridized carbons (Fsp3) is 0.500. The van der Waals surface area contributed by atoms with Crippen LogP contribution in [0.3, 0.4) is 0 Å². The van der Waals surface area contributed by atoms with Gasteiger partial charge in [-0.1, -0.05) is 19.9 Å². The molecule has 0 saturated carbocycles. The van der Waals surface area contributed by atoms with Gasteiger partial charge in [-0.05, 0) is 24.5 Å². The van der Waals surface area contributed by atoms with Crippen LogP contribution >= 0.6 is 0 Å². The summed E-state index contributed by atoms with van der Waals surface area (Å²) in [5.41, 5.74) is 2.97. The molecule has 1 amide bonds. The van der Waals surface area contributed by atoms with Gasteiger partial charge in [-0.25, -0.2) is 4.98 Å². The van der Waals surface area contributed by atoms with Crippen molar-refractivity contribution in [3.63, 3.8) is 0 Å². The first-order chi connectivity index (χ1) is 12.1. The van der Waals surface area contributed by atoms with Crippen LogP contribution in [0.4, 0.5) is 5.95 Å². The van der Waals surface area contributed by atoms with E-state index in [0.29, 0.717) is 18.9 Å². The zero-order chi connectivity index (χ0) is 17.8. The third-order valence-corrected chi connectivity index (χ3v) is 4.75. The van der Waals surface area contributed by atoms with Crippen LogP contribution in [0.15, 0.2) is 24.5 Å². The van der Waals surface area contributed by atoms with Gasteiger partial charge in [0.15, 0.2) is 0 Å². The molecule has 2 atom stereocenters. The van der Waals surface area contributed by atoms with E-state index < -0.39 is 0 Å². The molecule has 0 spiro atoms. The van der Waals surface area contributed by atoms with Gasteiger partial charge in [0.05, 0.1) is 17.4 Å². The normalized spacial score (nSPS) is 20.1. The van der Waals surface area contributed by atoms with E-state index in [9.17, 15) is 4.79 Å². The first kappa shape index (κ1) is 17.3. The van der Waals surface area contributed by atoms with Gasteiger partial charge in [0.1, 0.15) is 0 Å². The van der Waals surface area contributed by atoms with Gasteiger partial charge in [0, 0.05) is 38.3 Å². The van der Waals surface area contributed by atoms with Crippen molar-refractivity contribution in [2.24, 2.45) is 5.92 Å². The molecule has 0 radical (unpaired) electrons. The molecule has 1 fully saturated rings. The van der Waals surface area contributed by atoms with E-state index in [-0.39, 0.29) is 17.9 Å². The lowest BCUT2D eigenvalue weighted by Gasteiger charge is -2.25. The number of amides is 1. The summed E-state index contributed by atoms with van der Waals surface area (Å²) in [4.78, 5) is 22.8. The molecule has 1 saturated heterocycles. The van der Waals surface area contributed by atoms with Crippen LogP contribution in [0, 0.1) is 5.92 Å². The molecular weight excluding hydrogens is 316 g/mol. The SMILES string of the molecule is CCc1nnc(NC[C@@H]2CC(=O)N(C)[C@H]2c2cccnc2)nc1CC. The van der Waals surface area contributed by atoms with E-state index in [1.54, 1.807) is 11.1 Å². The number of nitrogens with zero attached hydrogens (tertiary/aromatic N) is 5. The minimum Gasteiger partial charge on any atom is -0.353 e. The summed E-state index contributed by atoms with van der Waals surface area (Å²) in [7, 11) is 1.85. The van der Waals surface area contributed by atoms with Crippen LogP contribution in [0.1, 0.15) is 43.3 Å². The Labute approximate surface area is 147 Å². The summed E-state index contributed by atoms with van der Waals surface area (Å²) in [5.74, 6) is 0.817. The molecule has 1 aliphatic rings. The Morgan fingerprint density at radius 1 is 1.24 bits per heavy atom. The van der Waals surface area contributed by atoms with E-state index in [1.807, 2.05) is 25.4 Å². The summed E-state index contributed by atoms with van der Waals surface area (Å²) in [6, 6.07) is 3.94. The molecule has 0 bridgehead atoms. The highest BCUT2D eigenvalue weighted by atomic mass is 16.2. The van der Waals surface area contributed by atoms with Gasteiger partial charge < -0.3 is 10.2 Å². The van der Waals surface area contributed by atoms with Crippen molar-refractivity contribution in [1.29, 1.82) is 0 Å². The van der Waals surface area contributed by atoms with Crippen molar-refractivity contribution in [2.75, 3.05) is 18.9 Å². The number of anilines is 1. The quantitative estimate of drug-likeness (QED) is 0.866. The molecule has 2 aromatic rings. The van der Waals surface area contributed by atoms with Gasteiger partial charge in [0.2, 0.25) is 11.9 Å². The third kappa shape index (κ3) is 3.60. The molecule has 3 rings (SSSR count). The minimum atomic E-state index is 0.0159. The smallest absolute Gasteiger partial charge is 0.242 e. The Morgan fingerprint density at radius 3 is 2.72 bits per heavy atom. The van der Waals surface area contributed by atoms with E-state index in [1.165, 1.54) is 0 Å². The van der Waals surface area contributed by atoms with E-state index >= 15 is 0 Å². The summed E-state index contributed by atoms with van der Waals surface area (Å²) in [6.45, 7) is 4.73. The Hall–Kier alpha value is -2.57. The maximum absolute atomic E-state index is 12.2. The lowest BCUT2D eigenvalue weighted by Crippen LogP contribution is -2.27. The molecule has 1 N–H and O–H groups in total. The molecule has 25 heavy (non-hydrogen) atoms. The Bertz CT molecular complexity index is 736. The zero-order valence-corrected chi connectivity index (χ0v) is 14.9. The van der Waals surface area contributed by atoms with Crippen molar-refractivity contribution in [2.45, 2.75) is 39.2 Å². The maximum Gasteiger partial charge on any atom is 0.242 e. The maximum atomic E-state index is 12.2. The minimum absolute atomic E-state index is 0.0159. The highest BCUT2D eigenvalue weighted by Crippen LogP contribution is 2.36. The number of carbonyl (C=O) groups is 1. The van der Waals surface area contributed by atoms with Crippen LogP contribution < -0.4 is 5.32 Å². The molecule has 3 heterocycles. The predicted molar refractivity (Wildman–Crippen MR) is 94.9 cm³/mol. The molecule has 132 valence electrons. The number of nitrogens with one attached hydrogen (secondary N) is 1. The van der Waals surface area contributed by atoms with Crippen molar-refractivity contribution in [3.8, 4) is 0 Å². The second kappa shape index (κ2) is 7.55. The van der Waals surface area contributed by atoms with Gasteiger partial charge >= 0.3 is 0 Å². The number of aromatic nitrogens is 4. The van der Waals surface area contributed by atoms with Crippen molar-refractivity contribution in [1.82, 2.24) is 25.1 Å². The highest BCUT2D eigenvalue weighted by molar-refractivity contribution is 5.79. The number of hydrogen-bond donors (Lipinski definition) is 1. The Balaban J connectivity index is 1.74.